The fraction of sp³-hybridized carbons (Fsp3) is 0.355. The van der Waals surface area contributed by atoms with E-state index >= 15 is 0 Å². The van der Waals surface area contributed by atoms with Crippen LogP contribution in [0.2, 0.25) is 10.0 Å². The number of nitrogens with zero attached hydrogens (tertiary/aromatic N) is 2. The molecule has 0 heterocycles. The van der Waals surface area contributed by atoms with Crippen molar-refractivity contribution in [2.45, 2.75) is 32.9 Å². The summed E-state index contributed by atoms with van der Waals surface area (Å²) < 4.78 is 37.9. The standard InChI is InChI=1S/C31H37Cl2N3O6S/c1-21(2)18-34-31(38)28(16-22-10-7-6-8-11-22)35(19-24-25(32)12-9-13-26(24)33)30(37)20-36(43(5,39)40)27-17-23(41-3)14-15-29(27)42-4/h6-15,17,21,28H,16,18-20H2,1-5H3,(H,34,38)/t28-/m1/s1. The third kappa shape index (κ3) is 9.26. The third-order valence-electron chi connectivity index (χ3n) is 6.68. The lowest BCUT2D eigenvalue weighted by atomic mass is 10.0. The Labute approximate surface area is 263 Å². The molecule has 0 saturated carbocycles. The van der Waals surface area contributed by atoms with Crippen LogP contribution in [0.1, 0.15) is 25.0 Å². The van der Waals surface area contributed by atoms with Crippen LogP contribution in [-0.4, -0.2) is 64.7 Å². The van der Waals surface area contributed by atoms with Crippen LogP contribution in [-0.2, 0) is 32.6 Å². The zero-order valence-corrected chi connectivity index (χ0v) is 27.2. The fourth-order valence-electron chi connectivity index (χ4n) is 4.42. The van der Waals surface area contributed by atoms with E-state index in [2.05, 4.69) is 5.32 Å². The SMILES string of the molecule is COc1ccc(OC)c(N(CC(=O)N(Cc2c(Cl)cccc2Cl)[C@H](Cc2ccccc2)C(=O)NCC(C)C)S(C)(=O)=O)c1. The summed E-state index contributed by atoms with van der Waals surface area (Å²) in [4.78, 5) is 29.4. The summed E-state index contributed by atoms with van der Waals surface area (Å²) in [6.07, 6.45) is 1.16. The van der Waals surface area contributed by atoms with Gasteiger partial charge in [-0.1, -0.05) is 73.4 Å². The quantitative estimate of drug-likeness (QED) is 0.258. The molecule has 12 heteroatoms. The molecule has 0 unspecified atom stereocenters. The molecule has 0 aliphatic carbocycles. The van der Waals surface area contributed by atoms with E-state index in [1.165, 1.54) is 25.2 Å². The van der Waals surface area contributed by atoms with Gasteiger partial charge in [0.2, 0.25) is 21.8 Å². The summed E-state index contributed by atoms with van der Waals surface area (Å²) in [6, 6.07) is 17.8. The molecule has 43 heavy (non-hydrogen) atoms. The van der Waals surface area contributed by atoms with Crippen molar-refractivity contribution in [3.8, 4) is 11.5 Å². The van der Waals surface area contributed by atoms with E-state index in [1.807, 2.05) is 44.2 Å². The van der Waals surface area contributed by atoms with Crippen molar-refractivity contribution in [1.29, 1.82) is 0 Å². The second kappa shape index (κ2) is 15.3. The number of ether oxygens (including phenoxy) is 2. The zero-order valence-electron chi connectivity index (χ0n) is 24.8. The molecule has 3 rings (SSSR count). The molecule has 0 fully saturated rings. The minimum absolute atomic E-state index is 0.109. The fourth-order valence-corrected chi connectivity index (χ4v) is 5.78. The van der Waals surface area contributed by atoms with Gasteiger partial charge in [-0.05, 0) is 35.7 Å². The Morgan fingerprint density at radius 2 is 1.58 bits per heavy atom. The van der Waals surface area contributed by atoms with E-state index in [-0.39, 0.29) is 36.2 Å². The van der Waals surface area contributed by atoms with Gasteiger partial charge in [0, 0.05) is 41.2 Å². The molecule has 2 amide bonds. The average molecular weight is 651 g/mol. The highest BCUT2D eigenvalue weighted by molar-refractivity contribution is 7.92. The number of hydrogen-bond acceptors (Lipinski definition) is 6. The molecule has 0 aromatic heterocycles. The molecule has 0 saturated heterocycles. The van der Waals surface area contributed by atoms with E-state index in [0.717, 1.165) is 16.1 Å². The lowest BCUT2D eigenvalue weighted by molar-refractivity contribution is -0.140. The first kappa shape index (κ1) is 34.0. The number of amides is 2. The number of benzene rings is 3. The molecule has 1 atom stereocenters. The zero-order chi connectivity index (χ0) is 31.7. The number of sulfonamides is 1. The van der Waals surface area contributed by atoms with Crippen LogP contribution < -0.4 is 19.1 Å². The first-order valence-corrected chi connectivity index (χ1v) is 16.2. The third-order valence-corrected chi connectivity index (χ3v) is 8.51. The second-order valence-electron chi connectivity index (χ2n) is 10.4. The molecule has 0 radical (unpaired) electrons. The smallest absolute Gasteiger partial charge is 0.244 e. The lowest BCUT2D eigenvalue weighted by Gasteiger charge is -2.34. The molecule has 3 aromatic carbocycles. The largest absolute Gasteiger partial charge is 0.497 e. The van der Waals surface area contributed by atoms with Crippen molar-refractivity contribution < 1.29 is 27.5 Å². The van der Waals surface area contributed by atoms with Gasteiger partial charge in [-0.25, -0.2) is 8.42 Å². The lowest BCUT2D eigenvalue weighted by Crippen LogP contribution is -2.53. The van der Waals surface area contributed by atoms with Crippen LogP contribution in [0.5, 0.6) is 11.5 Å². The summed E-state index contributed by atoms with van der Waals surface area (Å²) in [5.74, 6) is -0.294. The number of carbonyl (C=O) groups excluding carboxylic acids is 2. The molecule has 0 spiro atoms. The number of hydrogen-bond donors (Lipinski definition) is 1. The van der Waals surface area contributed by atoms with Crippen LogP contribution in [0.15, 0.2) is 66.7 Å². The molecular formula is C31H37Cl2N3O6S. The van der Waals surface area contributed by atoms with Crippen molar-refractivity contribution in [2.75, 3.05) is 37.9 Å². The van der Waals surface area contributed by atoms with Crippen molar-refractivity contribution in [2.24, 2.45) is 5.92 Å². The predicted octanol–water partition coefficient (Wildman–Crippen LogP) is 5.19. The maximum Gasteiger partial charge on any atom is 0.244 e. The Hall–Kier alpha value is -3.47. The maximum atomic E-state index is 14.3. The number of carbonyl (C=O) groups is 2. The van der Waals surface area contributed by atoms with Crippen molar-refractivity contribution in [3.63, 3.8) is 0 Å². The highest BCUT2D eigenvalue weighted by Gasteiger charge is 2.34. The summed E-state index contributed by atoms with van der Waals surface area (Å²) in [5.41, 5.74) is 1.35. The molecule has 0 aliphatic heterocycles. The van der Waals surface area contributed by atoms with Gasteiger partial charge in [0.15, 0.2) is 0 Å². The Morgan fingerprint density at radius 1 is 0.930 bits per heavy atom. The number of rotatable bonds is 14. The minimum Gasteiger partial charge on any atom is -0.497 e. The number of methoxy groups -OCH3 is 2. The Bertz CT molecular complexity index is 1500. The van der Waals surface area contributed by atoms with E-state index in [9.17, 15) is 18.0 Å². The van der Waals surface area contributed by atoms with Crippen LogP contribution in [0, 0.1) is 5.92 Å². The van der Waals surface area contributed by atoms with Gasteiger partial charge >= 0.3 is 0 Å². The van der Waals surface area contributed by atoms with Gasteiger partial charge in [-0.15, -0.1) is 0 Å². The van der Waals surface area contributed by atoms with Gasteiger partial charge in [0.25, 0.3) is 0 Å². The Balaban J connectivity index is 2.15. The normalized spacial score (nSPS) is 12.0. The van der Waals surface area contributed by atoms with E-state index < -0.39 is 28.5 Å². The average Bonchev–Trinajstić information content (AvgIpc) is 2.97. The Kier molecular flexibility index (Phi) is 12.1. The van der Waals surface area contributed by atoms with E-state index in [0.29, 0.717) is 27.9 Å². The number of halogens is 2. The molecule has 232 valence electrons. The van der Waals surface area contributed by atoms with Gasteiger partial charge in [-0.2, -0.15) is 0 Å². The topological polar surface area (TPSA) is 105 Å². The summed E-state index contributed by atoms with van der Waals surface area (Å²) in [7, 11) is -1.18. The monoisotopic (exact) mass is 649 g/mol. The minimum atomic E-state index is -4.02. The van der Waals surface area contributed by atoms with Crippen molar-refractivity contribution in [1.82, 2.24) is 10.2 Å². The van der Waals surface area contributed by atoms with Crippen LogP contribution in [0.4, 0.5) is 5.69 Å². The summed E-state index contributed by atoms with van der Waals surface area (Å²) in [5, 5.41) is 3.55. The molecule has 0 bridgehead atoms. The molecule has 3 aromatic rings. The molecule has 0 aliphatic rings. The van der Waals surface area contributed by atoms with Crippen molar-refractivity contribution in [3.05, 3.63) is 87.9 Å². The van der Waals surface area contributed by atoms with Crippen molar-refractivity contribution >= 4 is 50.7 Å². The maximum absolute atomic E-state index is 14.3. The predicted molar refractivity (Wildman–Crippen MR) is 171 cm³/mol. The van der Waals surface area contributed by atoms with Crippen LogP contribution >= 0.6 is 23.2 Å². The van der Waals surface area contributed by atoms with Gasteiger partial charge in [-0.3, -0.25) is 13.9 Å². The number of anilines is 1. The van der Waals surface area contributed by atoms with Gasteiger partial charge < -0.3 is 19.7 Å². The van der Waals surface area contributed by atoms with Gasteiger partial charge in [0.1, 0.15) is 24.1 Å². The summed E-state index contributed by atoms with van der Waals surface area (Å²) >= 11 is 13.0. The second-order valence-corrected chi connectivity index (χ2v) is 13.1. The molecular weight excluding hydrogens is 613 g/mol. The highest BCUT2D eigenvalue weighted by atomic mass is 35.5. The molecule has 9 nitrogen and oxygen atoms in total. The van der Waals surface area contributed by atoms with Crippen LogP contribution in [0.3, 0.4) is 0 Å². The van der Waals surface area contributed by atoms with E-state index in [4.69, 9.17) is 32.7 Å². The van der Waals surface area contributed by atoms with Gasteiger partial charge in [0.05, 0.1) is 26.2 Å². The first-order valence-electron chi connectivity index (χ1n) is 13.6. The number of nitrogens with one attached hydrogen (secondary N) is 1. The molecule has 1 N–H and O–H groups in total. The van der Waals surface area contributed by atoms with E-state index in [1.54, 1.807) is 30.3 Å². The summed E-state index contributed by atoms with van der Waals surface area (Å²) in [6.45, 7) is 3.54. The highest BCUT2D eigenvalue weighted by Crippen LogP contribution is 2.34. The first-order chi connectivity index (χ1) is 20.3. The Morgan fingerprint density at radius 3 is 2.14 bits per heavy atom. The van der Waals surface area contributed by atoms with Crippen LogP contribution in [0.25, 0.3) is 0 Å².